The molecule has 18 heavy (non-hydrogen) atoms. The quantitative estimate of drug-likeness (QED) is 0.851. The molecule has 0 bridgehead atoms. The highest BCUT2D eigenvalue weighted by molar-refractivity contribution is 5.94. The van der Waals surface area contributed by atoms with Crippen LogP contribution >= 0.6 is 0 Å². The summed E-state index contributed by atoms with van der Waals surface area (Å²) in [6.45, 7) is 0. The second-order valence-corrected chi connectivity index (χ2v) is 4.48. The summed E-state index contributed by atoms with van der Waals surface area (Å²) in [4.78, 5) is 11.7. The van der Waals surface area contributed by atoms with E-state index in [1.54, 1.807) is 0 Å². The monoisotopic (exact) mass is 258 g/mol. The second-order valence-electron chi connectivity index (χ2n) is 4.48. The molecule has 1 aliphatic rings. The fraction of sp³-hybridized carbons (Fsp3) is 0.417. The molecule has 1 aromatic carbocycles. The predicted molar refractivity (Wildman–Crippen MR) is 59.9 cm³/mol. The number of nitrogens with one attached hydrogen (secondary N) is 1. The summed E-state index contributed by atoms with van der Waals surface area (Å²) in [6, 6.07) is 4.31. The van der Waals surface area contributed by atoms with Crippen LogP contribution in [0.4, 0.5) is 13.2 Å². The first kappa shape index (κ1) is 12.9. The van der Waals surface area contributed by atoms with Gasteiger partial charge in [0, 0.05) is 17.6 Å². The highest BCUT2D eigenvalue weighted by atomic mass is 19.4. The largest absolute Gasteiger partial charge is 0.416 e. The Kier molecular flexibility index (Phi) is 3.30. The van der Waals surface area contributed by atoms with Crippen LogP contribution in [0.15, 0.2) is 24.3 Å². The molecule has 0 aliphatic heterocycles. The average Bonchev–Trinajstić information content (AvgIpc) is 2.26. The molecule has 0 unspecified atom stereocenters. The van der Waals surface area contributed by atoms with Crippen LogP contribution in [-0.4, -0.2) is 18.0 Å². The maximum absolute atomic E-state index is 12.3. The lowest BCUT2D eigenvalue weighted by Gasteiger charge is -2.32. The minimum atomic E-state index is -4.38. The molecule has 1 aliphatic carbocycles. The molecule has 0 saturated heterocycles. The van der Waals surface area contributed by atoms with Crippen molar-refractivity contribution in [3.63, 3.8) is 0 Å². The van der Waals surface area contributed by atoms with Gasteiger partial charge in [0.05, 0.1) is 5.56 Å². The molecule has 2 rings (SSSR count). The van der Waals surface area contributed by atoms with Crippen LogP contribution in [0.1, 0.15) is 28.8 Å². The van der Waals surface area contributed by atoms with Gasteiger partial charge in [0.15, 0.2) is 0 Å². The molecule has 0 heterocycles. The van der Waals surface area contributed by atoms with Crippen molar-refractivity contribution < 1.29 is 18.0 Å². The van der Waals surface area contributed by atoms with Crippen LogP contribution in [-0.2, 0) is 6.18 Å². The van der Waals surface area contributed by atoms with Crippen LogP contribution in [0.3, 0.4) is 0 Å². The van der Waals surface area contributed by atoms with E-state index in [-0.39, 0.29) is 23.6 Å². The van der Waals surface area contributed by atoms with Crippen molar-refractivity contribution in [1.82, 2.24) is 5.32 Å². The van der Waals surface area contributed by atoms with Crippen LogP contribution in [0.2, 0.25) is 0 Å². The van der Waals surface area contributed by atoms with Crippen LogP contribution < -0.4 is 11.1 Å². The molecular weight excluding hydrogens is 245 g/mol. The third-order valence-electron chi connectivity index (χ3n) is 2.98. The van der Waals surface area contributed by atoms with Gasteiger partial charge in [0.2, 0.25) is 0 Å². The minimum absolute atomic E-state index is 0.0368. The van der Waals surface area contributed by atoms with E-state index in [1.807, 2.05) is 0 Å². The second kappa shape index (κ2) is 4.61. The highest BCUT2D eigenvalue weighted by Crippen LogP contribution is 2.29. The van der Waals surface area contributed by atoms with Gasteiger partial charge in [0.1, 0.15) is 0 Å². The molecule has 0 spiro atoms. The van der Waals surface area contributed by atoms with Crippen molar-refractivity contribution in [2.75, 3.05) is 0 Å². The lowest BCUT2D eigenvalue weighted by Crippen LogP contribution is -2.50. The molecule has 1 aromatic rings. The molecule has 0 radical (unpaired) electrons. The number of nitrogens with two attached hydrogens (primary N) is 1. The highest BCUT2D eigenvalue weighted by Gasteiger charge is 2.31. The van der Waals surface area contributed by atoms with E-state index in [0.717, 1.165) is 12.1 Å². The number of hydrogen-bond donors (Lipinski definition) is 2. The first-order valence-electron chi connectivity index (χ1n) is 5.60. The Labute approximate surface area is 102 Å². The van der Waals surface area contributed by atoms with Gasteiger partial charge >= 0.3 is 6.18 Å². The lowest BCUT2D eigenvalue weighted by atomic mass is 9.87. The minimum Gasteiger partial charge on any atom is -0.349 e. The Balaban J connectivity index is 1.99. The number of carbonyl (C=O) groups excluding carboxylic acids is 1. The zero-order chi connectivity index (χ0) is 13.3. The zero-order valence-electron chi connectivity index (χ0n) is 9.50. The van der Waals surface area contributed by atoms with Gasteiger partial charge in [-0.05, 0) is 37.1 Å². The molecule has 0 aromatic heterocycles. The summed E-state index contributed by atoms with van der Waals surface area (Å²) in [5, 5.41) is 2.72. The number of amides is 1. The Morgan fingerprint density at radius 3 is 2.22 bits per heavy atom. The Hall–Kier alpha value is -1.56. The maximum Gasteiger partial charge on any atom is 0.416 e. The molecule has 1 fully saturated rings. The summed E-state index contributed by atoms with van der Waals surface area (Å²) >= 11 is 0. The molecule has 0 atom stereocenters. The van der Waals surface area contributed by atoms with E-state index in [9.17, 15) is 18.0 Å². The summed E-state index contributed by atoms with van der Waals surface area (Å²) in [5.41, 5.74) is 5.04. The summed E-state index contributed by atoms with van der Waals surface area (Å²) in [5.74, 6) is -0.361. The zero-order valence-corrected chi connectivity index (χ0v) is 9.50. The third-order valence-corrected chi connectivity index (χ3v) is 2.98. The molecule has 98 valence electrons. The Bertz CT molecular complexity index is 436. The SMILES string of the molecule is NC1CC(NC(=O)c2ccc(C(F)(F)F)cc2)C1. The number of carbonyl (C=O) groups is 1. The van der Waals surface area contributed by atoms with Gasteiger partial charge in [-0.2, -0.15) is 13.2 Å². The summed E-state index contributed by atoms with van der Waals surface area (Å²) in [6.07, 6.45) is -2.95. The van der Waals surface area contributed by atoms with Crippen molar-refractivity contribution in [3.05, 3.63) is 35.4 Å². The number of benzene rings is 1. The standard InChI is InChI=1S/C12H13F3N2O/c13-12(14,15)8-3-1-7(2-4-8)11(18)17-10-5-9(16)6-10/h1-4,9-10H,5-6,16H2,(H,17,18). The van der Waals surface area contributed by atoms with Gasteiger partial charge in [0.25, 0.3) is 5.91 Å². The number of hydrogen-bond acceptors (Lipinski definition) is 2. The molecule has 1 amide bonds. The first-order chi connectivity index (χ1) is 8.36. The summed E-state index contributed by atoms with van der Waals surface area (Å²) < 4.78 is 37.0. The number of rotatable bonds is 2. The predicted octanol–water partition coefficient (Wildman–Crippen LogP) is 1.92. The molecule has 3 nitrogen and oxygen atoms in total. The molecule has 1 saturated carbocycles. The van der Waals surface area contributed by atoms with E-state index in [2.05, 4.69) is 5.32 Å². The summed E-state index contributed by atoms with van der Waals surface area (Å²) in [7, 11) is 0. The van der Waals surface area contributed by atoms with Gasteiger partial charge < -0.3 is 11.1 Å². The lowest BCUT2D eigenvalue weighted by molar-refractivity contribution is -0.137. The van der Waals surface area contributed by atoms with Crippen molar-refractivity contribution >= 4 is 5.91 Å². The van der Waals surface area contributed by atoms with Crippen molar-refractivity contribution in [1.29, 1.82) is 0 Å². The van der Waals surface area contributed by atoms with Crippen LogP contribution in [0.25, 0.3) is 0 Å². The van der Waals surface area contributed by atoms with E-state index in [4.69, 9.17) is 5.73 Å². The van der Waals surface area contributed by atoms with Crippen molar-refractivity contribution in [3.8, 4) is 0 Å². The van der Waals surface area contributed by atoms with Gasteiger partial charge in [-0.25, -0.2) is 0 Å². The van der Waals surface area contributed by atoms with Crippen LogP contribution in [0, 0.1) is 0 Å². The maximum atomic E-state index is 12.3. The van der Waals surface area contributed by atoms with Crippen LogP contribution in [0.5, 0.6) is 0 Å². The van der Waals surface area contributed by atoms with Crippen molar-refractivity contribution in [2.45, 2.75) is 31.1 Å². The number of halogens is 3. The first-order valence-corrected chi connectivity index (χ1v) is 5.60. The average molecular weight is 258 g/mol. The normalized spacial score (nSPS) is 23.3. The van der Waals surface area contributed by atoms with E-state index in [0.29, 0.717) is 12.8 Å². The van der Waals surface area contributed by atoms with Gasteiger partial charge in [-0.3, -0.25) is 4.79 Å². The topological polar surface area (TPSA) is 55.1 Å². The molecule has 6 heteroatoms. The number of alkyl halides is 3. The molecular formula is C12H13F3N2O. The Morgan fingerprint density at radius 2 is 1.78 bits per heavy atom. The van der Waals surface area contributed by atoms with E-state index in [1.165, 1.54) is 12.1 Å². The molecule has 3 N–H and O–H groups in total. The van der Waals surface area contributed by atoms with E-state index < -0.39 is 11.7 Å². The third kappa shape index (κ3) is 2.81. The smallest absolute Gasteiger partial charge is 0.349 e. The van der Waals surface area contributed by atoms with E-state index >= 15 is 0 Å². The fourth-order valence-corrected chi connectivity index (χ4v) is 1.86. The Morgan fingerprint density at radius 1 is 1.22 bits per heavy atom. The fourth-order valence-electron chi connectivity index (χ4n) is 1.86. The van der Waals surface area contributed by atoms with Gasteiger partial charge in [-0.15, -0.1) is 0 Å². The van der Waals surface area contributed by atoms with Crippen molar-refractivity contribution in [2.24, 2.45) is 5.73 Å². The van der Waals surface area contributed by atoms with Gasteiger partial charge in [-0.1, -0.05) is 0 Å².